The van der Waals surface area contributed by atoms with Gasteiger partial charge in [-0.1, -0.05) is 18.6 Å². The topological polar surface area (TPSA) is 102 Å². The first-order valence-corrected chi connectivity index (χ1v) is 12.8. The second-order valence-electron chi connectivity index (χ2n) is 10.1. The highest BCUT2D eigenvalue weighted by atomic mass is 16.1. The molecule has 1 aliphatic heterocycles. The Hall–Kier alpha value is -3.95. The van der Waals surface area contributed by atoms with Crippen molar-refractivity contribution in [1.82, 2.24) is 38.9 Å². The number of fused-ring (bicyclic) bond motifs is 2. The SMILES string of the molecule is Cn1c(-c2cnn(CC3CCC3)c2)nc2c(N3CCC(n4c(=O)[nH]c5ccccc54)CC3)ncnc21. The van der Waals surface area contributed by atoms with Gasteiger partial charge in [0.25, 0.3) is 0 Å². The minimum absolute atomic E-state index is 0.0358. The summed E-state index contributed by atoms with van der Waals surface area (Å²) in [6.45, 7) is 2.57. The van der Waals surface area contributed by atoms with Crippen LogP contribution in [0.4, 0.5) is 5.82 Å². The largest absolute Gasteiger partial charge is 0.355 e. The molecule has 0 atom stereocenters. The summed E-state index contributed by atoms with van der Waals surface area (Å²) in [6, 6.07) is 8.05. The first-order chi connectivity index (χ1) is 17.7. The lowest BCUT2D eigenvalue weighted by molar-refractivity contribution is 0.266. The first-order valence-electron chi connectivity index (χ1n) is 12.8. The van der Waals surface area contributed by atoms with E-state index in [4.69, 9.17) is 4.98 Å². The van der Waals surface area contributed by atoms with Gasteiger partial charge in [-0.05, 0) is 43.7 Å². The van der Waals surface area contributed by atoms with Gasteiger partial charge in [0, 0.05) is 38.9 Å². The Morgan fingerprint density at radius 1 is 1.08 bits per heavy atom. The lowest BCUT2D eigenvalue weighted by Gasteiger charge is -2.33. The number of hydrogen-bond donors (Lipinski definition) is 1. The number of aromatic amines is 1. The predicted molar refractivity (Wildman–Crippen MR) is 138 cm³/mol. The fraction of sp³-hybridized carbons (Fsp3) is 0.423. The van der Waals surface area contributed by atoms with Crippen LogP contribution < -0.4 is 10.6 Å². The van der Waals surface area contributed by atoms with E-state index in [0.29, 0.717) is 0 Å². The normalized spacial score (nSPS) is 17.3. The molecule has 36 heavy (non-hydrogen) atoms. The van der Waals surface area contributed by atoms with Crippen LogP contribution >= 0.6 is 0 Å². The lowest BCUT2D eigenvalue weighted by Crippen LogP contribution is -2.37. The van der Waals surface area contributed by atoms with E-state index in [0.717, 1.165) is 77.8 Å². The maximum absolute atomic E-state index is 12.7. The van der Waals surface area contributed by atoms with E-state index in [1.54, 1.807) is 6.33 Å². The Kier molecular flexibility index (Phi) is 4.93. The summed E-state index contributed by atoms with van der Waals surface area (Å²) < 4.78 is 5.99. The van der Waals surface area contributed by atoms with E-state index < -0.39 is 0 Å². The highest BCUT2D eigenvalue weighted by molar-refractivity contribution is 5.86. The highest BCUT2D eigenvalue weighted by Crippen LogP contribution is 2.32. The van der Waals surface area contributed by atoms with Crippen molar-refractivity contribution < 1.29 is 0 Å². The van der Waals surface area contributed by atoms with Crippen LogP contribution in [0.15, 0.2) is 47.8 Å². The number of nitrogens with zero attached hydrogens (tertiary/aromatic N) is 8. The third-order valence-electron chi connectivity index (χ3n) is 7.95. The summed E-state index contributed by atoms with van der Waals surface area (Å²) in [4.78, 5) is 32.1. The molecule has 2 aliphatic rings. The number of imidazole rings is 2. The second kappa shape index (κ2) is 8.32. The van der Waals surface area contributed by atoms with E-state index in [1.807, 2.05) is 51.3 Å². The van der Waals surface area contributed by atoms with Gasteiger partial charge >= 0.3 is 5.69 Å². The van der Waals surface area contributed by atoms with Crippen LogP contribution in [0.3, 0.4) is 0 Å². The van der Waals surface area contributed by atoms with Crippen LogP contribution in [0, 0.1) is 5.92 Å². The Morgan fingerprint density at radius 2 is 1.92 bits per heavy atom. The van der Waals surface area contributed by atoms with Crippen LogP contribution in [0.2, 0.25) is 0 Å². The molecule has 2 fully saturated rings. The van der Waals surface area contributed by atoms with Gasteiger partial charge in [0.2, 0.25) is 0 Å². The van der Waals surface area contributed by atoms with Gasteiger partial charge in [-0.2, -0.15) is 5.10 Å². The number of nitrogens with one attached hydrogen (secondary N) is 1. The number of aromatic nitrogens is 8. The molecule has 5 aromatic rings. The molecule has 1 aliphatic carbocycles. The molecule has 5 heterocycles. The van der Waals surface area contributed by atoms with Crippen LogP contribution in [0.1, 0.15) is 38.1 Å². The Labute approximate surface area is 207 Å². The number of hydrogen-bond acceptors (Lipinski definition) is 6. The molecule has 1 saturated heterocycles. The average Bonchev–Trinajstić information content (AvgIpc) is 3.56. The van der Waals surface area contributed by atoms with E-state index in [1.165, 1.54) is 19.3 Å². The summed E-state index contributed by atoms with van der Waals surface area (Å²) in [5.41, 5.74) is 4.45. The first kappa shape index (κ1) is 21.3. The summed E-state index contributed by atoms with van der Waals surface area (Å²) in [6.07, 6.45) is 11.3. The molecule has 10 heteroatoms. The number of H-pyrrole nitrogens is 1. The molecule has 1 saturated carbocycles. The van der Waals surface area contributed by atoms with Crippen LogP contribution in [0.25, 0.3) is 33.6 Å². The molecular weight excluding hydrogens is 454 g/mol. The van der Waals surface area contributed by atoms with Crippen molar-refractivity contribution in [3.63, 3.8) is 0 Å². The minimum atomic E-state index is -0.0358. The molecule has 7 rings (SSSR count). The fourth-order valence-electron chi connectivity index (χ4n) is 5.77. The minimum Gasteiger partial charge on any atom is -0.355 e. The quantitative estimate of drug-likeness (QED) is 0.410. The van der Waals surface area contributed by atoms with Crippen molar-refractivity contribution in [2.75, 3.05) is 18.0 Å². The maximum Gasteiger partial charge on any atom is 0.326 e. The number of para-hydroxylation sites is 2. The standard InChI is InChI=1S/C26H29N9O/c1-32-23(18-13-29-34(15-18)14-17-5-4-6-17)31-22-24(32)27-16-28-25(22)33-11-9-19(10-12-33)35-21-8-3-2-7-20(21)30-26(35)36/h2-3,7-8,13,15-17,19H,4-6,9-12,14H2,1H3,(H,30,36). The summed E-state index contributed by atoms with van der Waals surface area (Å²) in [7, 11) is 2.00. The van der Waals surface area contributed by atoms with Gasteiger partial charge in [0.15, 0.2) is 17.0 Å². The van der Waals surface area contributed by atoms with Crippen LogP contribution in [-0.4, -0.2) is 51.9 Å². The van der Waals surface area contributed by atoms with Crippen LogP contribution in [0.5, 0.6) is 0 Å². The highest BCUT2D eigenvalue weighted by Gasteiger charge is 2.27. The molecule has 0 spiro atoms. The zero-order chi connectivity index (χ0) is 24.2. The van der Waals surface area contributed by atoms with Crippen molar-refractivity contribution in [3.8, 4) is 11.4 Å². The monoisotopic (exact) mass is 483 g/mol. The zero-order valence-electron chi connectivity index (χ0n) is 20.3. The zero-order valence-corrected chi connectivity index (χ0v) is 20.3. The van der Waals surface area contributed by atoms with Gasteiger partial charge in [-0.3, -0.25) is 9.25 Å². The average molecular weight is 484 g/mol. The summed E-state index contributed by atoms with van der Waals surface area (Å²) in [5.74, 6) is 2.46. The number of aryl methyl sites for hydroxylation is 1. The molecular formula is C26H29N9O. The van der Waals surface area contributed by atoms with Crippen LogP contribution in [-0.2, 0) is 13.6 Å². The molecule has 10 nitrogen and oxygen atoms in total. The fourth-order valence-corrected chi connectivity index (χ4v) is 5.77. The van der Waals surface area contributed by atoms with E-state index in [9.17, 15) is 4.79 Å². The van der Waals surface area contributed by atoms with Crippen molar-refractivity contribution in [3.05, 3.63) is 53.5 Å². The molecule has 0 bridgehead atoms. The third-order valence-corrected chi connectivity index (χ3v) is 7.95. The van der Waals surface area contributed by atoms with Crippen molar-refractivity contribution in [2.45, 2.75) is 44.7 Å². The summed E-state index contributed by atoms with van der Waals surface area (Å²) in [5, 5.41) is 4.59. The molecule has 1 N–H and O–H groups in total. The van der Waals surface area contributed by atoms with E-state index >= 15 is 0 Å². The molecule has 0 amide bonds. The van der Waals surface area contributed by atoms with Gasteiger partial charge in [0.1, 0.15) is 12.2 Å². The van der Waals surface area contributed by atoms with Gasteiger partial charge in [-0.25, -0.2) is 19.7 Å². The van der Waals surface area contributed by atoms with Crippen molar-refractivity contribution >= 4 is 28.0 Å². The van der Waals surface area contributed by atoms with Crippen molar-refractivity contribution in [2.24, 2.45) is 13.0 Å². The predicted octanol–water partition coefficient (Wildman–Crippen LogP) is 3.51. The molecule has 184 valence electrons. The maximum atomic E-state index is 12.7. The number of benzene rings is 1. The molecule has 4 aromatic heterocycles. The molecule has 0 radical (unpaired) electrons. The Morgan fingerprint density at radius 3 is 2.72 bits per heavy atom. The van der Waals surface area contributed by atoms with E-state index in [2.05, 4.69) is 31.1 Å². The smallest absolute Gasteiger partial charge is 0.326 e. The van der Waals surface area contributed by atoms with Gasteiger partial charge in [0.05, 0.1) is 22.8 Å². The second-order valence-corrected chi connectivity index (χ2v) is 10.1. The number of rotatable bonds is 5. The van der Waals surface area contributed by atoms with Gasteiger partial charge in [-0.15, -0.1) is 0 Å². The van der Waals surface area contributed by atoms with E-state index in [-0.39, 0.29) is 11.7 Å². The molecule has 0 unspecified atom stereocenters. The Bertz CT molecular complexity index is 1610. The van der Waals surface area contributed by atoms with Crippen molar-refractivity contribution in [1.29, 1.82) is 0 Å². The van der Waals surface area contributed by atoms with Gasteiger partial charge < -0.3 is 14.5 Å². The summed E-state index contributed by atoms with van der Waals surface area (Å²) >= 11 is 0. The third kappa shape index (κ3) is 3.42. The lowest BCUT2D eigenvalue weighted by atomic mass is 9.85. The number of anilines is 1. The number of piperidine rings is 1. The molecule has 1 aromatic carbocycles. The Balaban J connectivity index is 1.15.